The van der Waals surface area contributed by atoms with Gasteiger partial charge in [0.05, 0.1) is 4.90 Å². The Morgan fingerprint density at radius 2 is 1.85 bits per heavy atom. The summed E-state index contributed by atoms with van der Waals surface area (Å²) >= 11 is 0. The first-order valence-corrected chi connectivity index (χ1v) is 8.29. The number of hydrogen-bond donors (Lipinski definition) is 3. The van der Waals surface area contributed by atoms with Crippen LogP contribution in [0.1, 0.15) is 25.0 Å². The molecule has 0 aliphatic rings. The van der Waals surface area contributed by atoms with Gasteiger partial charge in [-0.25, -0.2) is 13.6 Å². The summed E-state index contributed by atoms with van der Waals surface area (Å²) < 4.78 is 23.0. The summed E-state index contributed by atoms with van der Waals surface area (Å²) in [6.45, 7) is 9.38. The van der Waals surface area contributed by atoms with E-state index >= 15 is 0 Å². The van der Waals surface area contributed by atoms with E-state index in [-0.39, 0.29) is 4.90 Å². The van der Waals surface area contributed by atoms with Crippen molar-refractivity contribution in [2.75, 3.05) is 18.4 Å². The highest BCUT2D eigenvalue weighted by atomic mass is 32.2. The van der Waals surface area contributed by atoms with E-state index in [4.69, 9.17) is 10.9 Å². The lowest BCUT2D eigenvalue weighted by Gasteiger charge is -2.21. The fourth-order valence-electron chi connectivity index (χ4n) is 2.01. The van der Waals surface area contributed by atoms with Crippen LogP contribution in [0, 0.1) is 25.7 Å². The number of primary sulfonamides is 1. The molecule has 6 heteroatoms. The van der Waals surface area contributed by atoms with Crippen LogP contribution in [0.15, 0.2) is 17.0 Å². The van der Waals surface area contributed by atoms with Crippen molar-refractivity contribution in [3.05, 3.63) is 23.3 Å². The standard InChI is InChI=1S/C14H25N3O2S/c1-9(2)12(7-15)8-17-14-6-13(20(16,18)19)5-10(3)11(14)4/h5-6,9,12,17H,7-8,15H2,1-4H3,(H2,16,18,19). The molecular weight excluding hydrogens is 274 g/mol. The van der Waals surface area contributed by atoms with Crippen LogP contribution in [0.3, 0.4) is 0 Å². The van der Waals surface area contributed by atoms with E-state index in [1.54, 1.807) is 12.1 Å². The second kappa shape index (κ2) is 6.56. The van der Waals surface area contributed by atoms with E-state index in [0.717, 1.165) is 16.8 Å². The summed E-state index contributed by atoms with van der Waals surface area (Å²) in [7, 11) is -3.69. The topological polar surface area (TPSA) is 98.2 Å². The first-order valence-electron chi connectivity index (χ1n) is 6.74. The maximum atomic E-state index is 11.5. The molecule has 0 aliphatic carbocycles. The van der Waals surface area contributed by atoms with Crippen molar-refractivity contribution < 1.29 is 8.42 Å². The second-order valence-electron chi connectivity index (χ2n) is 5.58. The monoisotopic (exact) mass is 299 g/mol. The van der Waals surface area contributed by atoms with Crippen molar-refractivity contribution in [1.29, 1.82) is 0 Å². The molecule has 0 radical (unpaired) electrons. The first-order chi connectivity index (χ1) is 9.16. The zero-order chi connectivity index (χ0) is 15.5. The van der Waals surface area contributed by atoms with Crippen LogP contribution in [0.4, 0.5) is 5.69 Å². The summed E-state index contributed by atoms with van der Waals surface area (Å²) in [5, 5.41) is 8.50. The third kappa shape index (κ3) is 4.19. The van der Waals surface area contributed by atoms with Crippen molar-refractivity contribution in [2.45, 2.75) is 32.6 Å². The Kier molecular flexibility index (Phi) is 5.56. The number of benzene rings is 1. The van der Waals surface area contributed by atoms with E-state index < -0.39 is 10.0 Å². The molecule has 0 heterocycles. The van der Waals surface area contributed by atoms with Crippen molar-refractivity contribution >= 4 is 15.7 Å². The van der Waals surface area contributed by atoms with Crippen LogP contribution in [-0.2, 0) is 10.0 Å². The number of nitrogens with one attached hydrogen (secondary N) is 1. The fourth-order valence-corrected chi connectivity index (χ4v) is 2.63. The van der Waals surface area contributed by atoms with Crippen molar-refractivity contribution in [3.8, 4) is 0 Å². The van der Waals surface area contributed by atoms with Gasteiger partial charge in [0.15, 0.2) is 0 Å². The van der Waals surface area contributed by atoms with Gasteiger partial charge in [-0.3, -0.25) is 0 Å². The van der Waals surface area contributed by atoms with Gasteiger partial charge in [0.1, 0.15) is 0 Å². The average molecular weight is 299 g/mol. The number of nitrogens with two attached hydrogens (primary N) is 2. The average Bonchev–Trinajstić information content (AvgIpc) is 2.33. The molecule has 0 saturated carbocycles. The van der Waals surface area contributed by atoms with Crippen LogP contribution in [-0.4, -0.2) is 21.5 Å². The Morgan fingerprint density at radius 3 is 2.30 bits per heavy atom. The number of aryl methyl sites for hydroxylation is 1. The van der Waals surface area contributed by atoms with E-state index in [0.29, 0.717) is 24.9 Å². The fraction of sp³-hybridized carbons (Fsp3) is 0.571. The van der Waals surface area contributed by atoms with E-state index in [9.17, 15) is 8.42 Å². The molecule has 5 nitrogen and oxygen atoms in total. The molecule has 1 aromatic carbocycles. The Morgan fingerprint density at radius 1 is 1.25 bits per heavy atom. The zero-order valence-electron chi connectivity index (χ0n) is 12.6. The molecular formula is C14H25N3O2S. The molecule has 1 aromatic rings. The van der Waals surface area contributed by atoms with Gasteiger partial charge >= 0.3 is 0 Å². The number of anilines is 1. The quantitative estimate of drug-likeness (QED) is 0.743. The lowest BCUT2D eigenvalue weighted by Crippen LogP contribution is -2.27. The zero-order valence-corrected chi connectivity index (χ0v) is 13.4. The van der Waals surface area contributed by atoms with Gasteiger partial charge < -0.3 is 11.1 Å². The molecule has 0 bridgehead atoms. The van der Waals surface area contributed by atoms with Crippen LogP contribution in [0.25, 0.3) is 0 Å². The highest BCUT2D eigenvalue weighted by Gasteiger charge is 2.15. The highest BCUT2D eigenvalue weighted by molar-refractivity contribution is 7.89. The molecule has 0 saturated heterocycles. The number of sulfonamides is 1. The highest BCUT2D eigenvalue weighted by Crippen LogP contribution is 2.24. The molecule has 0 aliphatic heterocycles. The molecule has 1 rings (SSSR count). The summed E-state index contributed by atoms with van der Waals surface area (Å²) in [4.78, 5) is 0.136. The van der Waals surface area contributed by atoms with Crippen molar-refractivity contribution in [1.82, 2.24) is 0 Å². The van der Waals surface area contributed by atoms with Crippen molar-refractivity contribution in [2.24, 2.45) is 22.7 Å². The smallest absolute Gasteiger partial charge is 0.238 e. The summed E-state index contributed by atoms with van der Waals surface area (Å²) in [6.07, 6.45) is 0. The minimum atomic E-state index is -3.69. The molecule has 20 heavy (non-hydrogen) atoms. The van der Waals surface area contributed by atoms with Gasteiger partial charge in [0, 0.05) is 12.2 Å². The molecule has 0 aromatic heterocycles. The lowest BCUT2D eigenvalue weighted by molar-refractivity contribution is 0.413. The Labute approximate surface area is 121 Å². The molecule has 0 spiro atoms. The lowest BCUT2D eigenvalue weighted by atomic mass is 9.96. The third-order valence-electron chi connectivity index (χ3n) is 3.77. The van der Waals surface area contributed by atoms with Gasteiger partial charge in [-0.2, -0.15) is 0 Å². The SMILES string of the molecule is Cc1cc(S(N)(=O)=O)cc(NCC(CN)C(C)C)c1C. The van der Waals surface area contributed by atoms with Gasteiger partial charge in [0.2, 0.25) is 10.0 Å². The number of hydrogen-bond acceptors (Lipinski definition) is 4. The van der Waals surface area contributed by atoms with Crippen LogP contribution in [0.5, 0.6) is 0 Å². The van der Waals surface area contributed by atoms with Gasteiger partial charge in [0.25, 0.3) is 0 Å². The molecule has 1 atom stereocenters. The van der Waals surface area contributed by atoms with Crippen LogP contribution in [0.2, 0.25) is 0 Å². The van der Waals surface area contributed by atoms with E-state index in [1.165, 1.54) is 0 Å². The maximum absolute atomic E-state index is 11.5. The van der Waals surface area contributed by atoms with Gasteiger partial charge in [-0.1, -0.05) is 13.8 Å². The summed E-state index contributed by atoms with van der Waals surface area (Å²) in [6, 6.07) is 3.18. The largest absolute Gasteiger partial charge is 0.384 e. The van der Waals surface area contributed by atoms with E-state index in [2.05, 4.69) is 19.2 Å². The van der Waals surface area contributed by atoms with Crippen LogP contribution >= 0.6 is 0 Å². The second-order valence-corrected chi connectivity index (χ2v) is 7.14. The predicted molar refractivity (Wildman–Crippen MR) is 83.2 cm³/mol. The molecule has 1 unspecified atom stereocenters. The van der Waals surface area contributed by atoms with E-state index in [1.807, 2.05) is 13.8 Å². The van der Waals surface area contributed by atoms with Gasteiger partial charge in [-0.05, 0) is 55.5 Å². The Bertz CT molecular complexity index is 568. The molecule has 0 amide bonds. The molecule has 5 N–H and O–H groups in total. The maximum Gasteiger partial charge on any atom is 0.238 e. The normalized spacial score (nSPS) is 13.6. The number of rotatable bonds is 6. The minimum absolute atomic E-state index is 0.136. The molecule has 0 fully saturated rings. The third-order valence-corrected chi connectivity index (χ3v) is 4.66. The minimum Gasteiger partial charge on any atom is -0.384 e. The Hall–Kier alpha value is -1.11. The first kappa shape index (κ1) is 16.9. The van der Waals surface area contributed by atoms with Crippen molar-refractivity contribution in [3.63, 3.8) is 0 Å². The van der Waals surface area contributed by atoms with Gasteiger partial charge in [-0.15, -0.1) is 0 Å². The predicted octanol–water partition coefficient (Wildman–Crippen LogP) is 1.59. The summed E-state index contributed by atoms with van der Waals surface area (Å²) in [5.41, 5.74) is 8.47. The Balaban J connectivity index is 3.03. The summed E-state index contributed by atoms with van der Waals surface area (Å²) in [5.74, 6) is 0.808. The van der Waals surface area contributed by atoms with Crippen LogP contribution < -0.4 is 16.2 Å². The molecule has 114 valence electrons.